The first-order valence-electron chi connectivity index (χ1n) is 8.89. The number of nitrogens with zero attached hydrogens (tertiary/aromatic N) is 1. The first-order valence-corrected chi connectivity index (χ1v) is 10.8. The molecule has 5 nitrogen and oxygen atoms in total. The molecule has 1 aliphatic rings. The number of aryl methyl sites for hydroxylation is 2. The average molecular weight is 407 g/mol. The Bertz CT molecular complexity index is 989. The third-order valence-electron chi connectivity index (χ3n) is 4.92. The first-order chi connectivity index (χ1) is 12.7. The topological polar surface area (TPSA) is 66.5 Å². The Morgan fingerprint density at radius 2 is 1.93 bits per heavy atom. The van der Waals surface area contributed by atoms with Crippen LogP contribution in [0.1, 0.15) is 41.3 Å². The third kappa shape index (κ3) is 4.12. The van der Waals surface area contributed by atoms with Gasteiger partial charge in [-0.3, -0.25) is 9.52 Å². The molecule has 1 heterocycles. The van der Waals surface area contributed by atoms with Gasteiger partial charge in [0.25, 0.3) is 15.9 Å². The fraction of sp³-hybridized carbons (Fsp3) is 0.350. The summed E-state index contributed by atoms with van der Waals surface area (Å²) in [7, 11) is -3.79. The molecule has 1 atom stereocenters. The number of rotatable bonds is 4. The van der Waals surface area contributed by atoms with E-state index in [4.69, 9.17) is 11.6 Å². The van der Waals surface area contributed by atoms with Crippen LogP contribution in [0.15, 0.2) is 41.3 Å². The maximum atomic E-state index is 12.8. The lowest BCUT2D eigenvalue weighted by Gasteiger charge is -2.21. The zero-order valence-corrected chi connectivity index (χ0v) is 17.2. The number of anilines is 1. The zero-order valence-electron chi connectivity index (χ0n) is 15.6. The van der Waals surface area contributed by atoms with Crippen LogP contribution >= 0.6 is 11.6 Å². The van der Waals surface area contributed by atoms with Crippen molar-refractivity contribution in [3.63, 3.8) is 0 Å². The second-order valence-electron chi connectivity index (χ2n) is 7.04. The minimum atomic E-state index is -3.79. The molecule has 2 aromatic carbocycles. The molecule has 3 rings (SSSR count). The van der Waals surface area contributed by atoms with E-state index >= 15 is 0 Å². The highest BCUT2D eigenvalue weighted by molar-refractivity contribution is 7.92. The van der Waals surface area contributed by atoms with Gasteiger partial charge >= 0.3 is 0 Å². The van der Waals surface area contributed by atoms with Gasteiger partial charge in [-0.05, 0) is 75.1 Å². The van der Waals surface area contributed by atoms with E-state index in [0.29, 0.717) is 27.4 Å². The molecule has 1 N–H and O–H groups in total. The van der Waals surface area contributed by atoms with Gasteiger partial charge in [-0.25, -0.2) is 8.42 Å². The van der Waals surface area contributed by atoms with Crippen molar-refractivity contribution in [1.82, 2.24) is 4.90 Å². The third-order valence-corrected chi connectivity index (χ3v) is 6.85. The minimum absolute atomic E-state index is 0.0698. The first kappa shape index (κ1) is 19.7. The molecule has 0 aromatic heterocycles. The molecule has 0 bridgehead atoms. The van der Waals surface area contributed by atoms with Crippen LogP contribution in [-0.4, -0.2) is 31.8 Å². The number of amides is 1. The van der Waals surface area contributed by atoms with Crippen LogP contribution in [0.5, 0.6) is 0 Å². The monoisotopic (exact) mass is 406 g/mol. The van der Waals surface area contributed by atoms with Crippen molar-refractivity contribution >= 4 is 33.2 Å². The van der Waals surface area contributed by atoms with Gasteiger partial charge in [-0.15, -0.1) is 0 Å². The highest BCUT2D eigenvalue weighted by Crippen LogP contribution is 2.26. The van der Waals surface area contributed by atoms with Crippen molar-refractivity contribution in [3.8, 4) is 0 Å². The summed E-state index contributed by atoms with van der Waals surface area (Å²) in [5.41, 5.74) is 2.10. The summed E-state index contributed by atoms with van der Waals surface area (Å²) < 4.78 is 28.2. The Labute approximate surface area is 165 Å². The van der Waals surface area contributed by atoms with Crippen LogP contribution in [0.4, 0.5) is 5.69 Å². The number of sulfonamides is 1. The van der Waals surface area contributed by atoms with E-state index in [1.54, 1.807) is 50.2 Å². The summed E-state index contributed by atoms with van der Waals surface area (Å²) in [5.74, 6) is -0.0698. The van der Waals surface area contributed by atoms with Crippen molar-refractivity contribution in [2.75, 3.05) is 11.3 Å². The molecular weight excluding hydrogens is 384 g/mol. The molecule has 144 valence electrons. The number of carbonyl (C=O) groups is 1. The molecule has 27 heavy (non-hydrogen) atoms. The number of carbonyl (C=O) groups excluding carboxylic acids is 1. The highest BCUT2D eigenvalue weighted by Gasteiger charge is 2.26. The number of nitrogens with one attached hydrogen (secondary N) is 1. The molecule has 2 aromatic rings. The van der Waals surface area contributed by atoms with E-state index in [9.17, 15) is 13.2 Å². The lowest BCUT2D eigenvalue weighted by molar-refractivity contribution is 0.0747. The van der Waals surface area contributed by atoms with Crippen LogP contribution < -0.4 is 4.72 Å². The number of hydrogen-bond acceptors (Lipinski definition) is 3. The molecular formula is C20H23ClN2O3S. The largest absolute Gasteiger partial charge is 0.336 e. The molecule has 0 unspecified atom stereocenters. The smallest absolute Gasteiger partial charge is 0.262 e. The van der Waals surface area contributed by atoms with Crippen LogP contribution in [0.25, 0.3) is 0 Å². The van der Waals surface area contributed by atoms with Gasteiger partial charge in [0, 0.05) is 28.9 Å². The Morgan fingerprint density at radius 1 is 1.19 bits per heavy atom. The molecule has 0 saturated carbocycles. The Hall–Kier alpha value is -2.05. The summed E-state index contributed by atoms with van der Waals surface area (Å²) in [5, 5.41) is 0.527. The van der Waals surface area contributed by atoms with Gasteiger partial charge < -0.3 is 4.90 Å². The van der Waals surface area contributed by atoms with E-state index in [2.05, 4.69) is 4.72 Å². The van der Waals surface area contributed by atoms with Crippen LogP contribution in [0, 0.1) is 13.8 Å². The van der Waals surface area contributed by atoms with Crippen molar-refractivity contribution in [2.24, 2.45) is 0 Å². The summed E-state index contributed by atoms with van der Waals surface area (Å²) >= 11 is 6.07. The van der Waals surface area contributed by atoms with E-state index in [-0.39, 0.29) is 16.8 Å². The Morgan fingerprint density at radius 3 is 2.59 bits per heavy atom. The molecule has 0 spiro atoms. The Balaban J connectivity index is 1.88. The molecule has 1 saturated heterocycles. The molecule has 7 heteroatoms. The number of likely N-dealkylation sites (tertiary alicyclic amines) is 1. The molecule has 0 radical (unpaired) electrons. The van der Waals surface area contributed by atoms with Gasteiger partial charge in [0.2, 0.25) is 0 Å². The van der Waals surface area contributed by atoms with E-state index in [1.807, 2.05) is 11.8 Å². The van der Waals surface area contributed by atoms with Crippen LogP contribution in [0.2, 0.25) is 5.02 Å². The molecule has 1 aliphatic heterocycles. The van der Waals surface area contributed by atoms with E-state index in [0.717, 1.165) is 19.4 Å². The zero-order chi connectivity index (χ0) is 19.8. The second kappa shape index (κ2) is 7.52. The molecule has 0 aliphatic carbocycles. The lowest BCUT2D eigenvalue weighted by atomic mass is 10.1. The van der Waals surface area contributed by atoms with Crippen molar-refractivity contribution in [3.05, 3.63) is 58.1 Å². The molecule has 1 fully saturated rings. The summed E-state index contributed by atoms with van der Waals surface area (Å²) in [6, 6.07) is 10.0. The van der Waals surface area contributed by atoms with Crippen molar-refractivity contribution in [1.29, 1.82) is 0 Å². The van der Waals surface area contributed by atoms with Gasteiger partial charge in [0.15, 0.2) is 0 Å². The molecule has 1 amide bonds. The van der Waals surface area contributed by atoms with Crippen molar-refractivity contribution in [2.45, 2.75) is 44.6 Å². The number of halogens is 1. The minimum Gasteiger partial charge on any atom is -0.336 e. The maximum absolute atomic E-state index is 12.8. The maximum Gasteiger partial charge on any atom is 0.262 e. The lowest BCUT2D eigenvalue weighted by Crippen LogP contribution is -2.33. The van der Waals surface area contributed by atoms with E-state index in [1.165, 1.54) is 0 Å². The fourth-order valence-corrected chi connectivity index (χ4v) is 4.95. The predicted octanol–water partition coefficient (Wildman–Crippen LogP) is 4.38. The summed E-state index contributed by atoms with van der Waals surface area (Å²) in [4.78, 5) is 14.7. The van der Waals surface area contributed by atoms with Crippen LogP contribution in [-0.2, 0) is 10.0 Å². The second-order valence-corrected chi connectivity index (χ2v) is 9.10. The predicted molar refractivity (Wildman–Crippen MR) is 108 cm³/mol. The van der Waals surface area contributed by atoms with Crippen molar-refractivity contribution < 1.29 is 13.2 Å². The Kier molecular flexibility index (Phi) is 5.49. The number of benzene rings is 2. The summed E-state index contributed by atoms with van der Waals surface area (Å²) in [6.07, 6.45) is 1.99. The number of hydrogen-bond donors (Lipinski definition) is 1. The van der Waals surface area contributed by atoms with Crippen LogP contribution in [0.3, 0.4) is 0 Å². The SMILES string of the molecule is Cc1cc(S(=O)(=O)Nc2cccc(C(=O)N3CCC[C@@H]3C)c2)c(C)cc1Cl. The standard InChI is InChI=1S/C20H23ClN2O3S/c1-13-11-19(14(2)10-18(13)21)27(25,26)22-17-8-4-7-16(12-17)20(24)23-9-5-6-15(23)3/h4,7-8,10-12,15,22H,5-6,9H2,1-3H3/t15-/m0/s1. The van der Waals surface area contributed by atoms with Gasteiger partial charge in [0.1, 0.15) is 0 Å². The van der Waals surface area contributed by atoms with Gasteiger partial charge in [0.05, 0.1) is 4.90 Å². The fourth-order valence-electron chi connectivity index (χ4n) is 3.37. The van der Waals surface area contributed by atoms with Gasteiger partial charge in [-0.1, -0.05) is 17.7 Å². The van der Waals surface area contributed by atoms with E-state index < -0.39 is 10.0 Å². The highest BCUT2D eigenvalue weighted by atomic mass is 35.5. The summed E-state index contributed by atoms with van der Waals surface area (Å²) in [6.45, 7) is 6.23. The normalized spacial score (nSPS) is 17.2. The van der Waals surface area contributed by atoms with Gasteiger partial charge in [-0.2, -0.15) is 0 Å². The average Bonchev–Trinajstić information content (AvgIpc) is 3.03. The quantitative estimate of drug-likeness (QED) is 0.819.